The number of ketones is 1. The first-order chi connectivity index (χ1) is 12.9. The maximum absolute atomic E-state index is 13.2. The lowest BCUT2D eigenvalue weighted by atomic mass is 9.83. The lowest BCUT2D eigenvalue weighted by Gasteiger charge is -2.21. The second kappa shape index (κ2) is 7.89. The molecule has 1 N–H and O–H groups in total. The van der Waals surface area contributed by atoms with Gasteiger partial charge in [0.2, 0.25) is 0 Å². The first kappa shape index (κ1) is 19.1. The predicted octanol–water partition coefficient (Wildman–Crippen LogP) is 5.42. The van der Waals surface area contributed by atoms with E-state index in [1.807, 2.05) is 60.7 Å². The van der Waals surface area contributed by atoms with Crippen molar-refractivity contribution in [3.05, 3.63) is 95.1 Å². The van der Waals surface area contributed by atoms with Crippen molar-refractivity contribution < 1.29 is 9.90 Å². The topological polar surface area (TPSA) is 37.3 Å². The largest absolute Gasteiger partial charge is 0.396 e. The smallest absolute Gasteiger partial charge is 0.193 e. The fraction of sp³-hybridized carbons (Fsp3) is 0.240. The predicted molar refractivity (Wildman–Crippen MR) is 111 cm³/mol. The highest BCUT2D eigenvalue weighted by Gasteiger charge is 2.20. The van der Waals surface area contributed by atoms with Crippen molar-refractivity contribution in [1.29, 1.82) is 0 Å². The molecule has 0 amide bonds. The summed E-state index contributed by atoms with van der Waals surface area (Å²) in [6, 6.07) is 23.5. The molecule has 0 bridgehead atoms. The van der Waals surface area contributed by atoms with Crippen molar-refractivity contribution in [2.45, 2.75) is 32.6 Å². The molecule has 0 aliphatic carbocycles. The quantitative estimate of drug-likeness (QED) is 0.619. The Morgan fingerprint density at radius 1 is 0.889 bits per heavy atom. The van der Waals surface area contributed by atoms with E-state index in [0.717, 1.165) is 16.7 Å². The Labute approximate surface area is 161 Å². The van der Waals surface area contributed by atoms with Crippen molar-refractivity contribution in [3.8, 4) is 11.1 Å². The molecule has 0 fully saturated rings. The van der Waals surface area contributed by atoms with Crippen LogP contribution in [-0.4, -0.2) is 17.5 Å². The molecule has 0 heterocycles. The number of carbonyl (C=O) groups excluding carboxylic acids is 1. The van der Waals surface area contributed by atoms with E-state index in [1.165, 1.54) is 5.56 Å². The standard InChI is InChI=1S/C25H26O2/c1-25(2,3)21-13-7-12-20(17-21)23-18(15-16-26)11-8-14-22(23)24(27)19-9-5-4-6-10-19/h4-14,17,26H,15-16H2,1-3H3. The number of aliphatic hydroxyl groups is 1. The summed E-state index contributed by atoms with van der Waals surface area (Å²) in [4.78, 5) is 13.2. The van der Waals surface area contributed by atoms with E-state index in [0.29, 0.717) is 17.5 Å². The molecule has 0 saturated carbocycles. The lowest BCUT2D eigenvalue weighted by molar-refractivity contribution is 0.103. The van der Waals surface area contributed by atoms with Gasteiger partial charge >= 0.3 is 0 Å². The minimum Gasteiger partial charge on any atom is -0.396 e. The van der Waals surface area contributed by atoms with Crippen LogP contribution in [0.5, 0.6) is 0 Å². The Morgan fingerprint density at radius 3 is 2.26 bits per heavy atom. The SMILES string of the molecule is CC(C)(C)c1cccc(-c2c(CCO)cccc2C(=O)c2ccccc2)c1. The summed E-state index contributed by atoms with van der Waals surface area (Å²) in [6.07, 6.45) is 0.519. The van der Waals surface area contributed by atoms with E-state index >= 15 is 0 Å². The summed E-state index contributed by atoms with van der Waals surface area (Å²) < 4.78 is 0. The molecule has 3 rings (SSSR count). The van der Waals surface area contributed by atoms with Gasteiger partial charge in [0, 0.05) is 17.7 Å². The van der Waals surface area contributed by atoms with Crippen LogP contribution in [0.15, 0.2) is 72.8 Å². The van der Waals surface area contributed by atoms with Crippen molar-refractivity contribution >= 4 is 5.78 Å². The van der Waals surface area contributed by atoms with Crippen LogP contribution in [0.1, 0.15) is 47.8 Å². The number of carbonyl (C=O) groups is 1. The van der Waals surface area contributed by atoms with E-state index in [4.69, 9.17) is 0 Å². The maximum Gasteiger partial charge on any atom is 0.193 e. The van der Waals surface area contributed by atoms with E-state index in [-0.39, 0.29) is 17.8 Å². The van der Waals surface area contributed by atoms with Crippen LogP contribution in [0.2, 0.25) is 0 Å². The van der Waals surface area contributed by atoms with Gasteiger partial charge in [0.05, 0.1) is 0 Å². The van der Waals surface area contributed by atoms with Crippen molar-refractivity contribution in [2.75, 3.05) is 6.61 Å². The Balaban J connectivity index is 2.20. The van der Waals surface area contributed by atoms with Gasteiger partial charge in [0.25, 0.3) is 0 Å². The van der Waals surface area contributed by atoms with E-state index in [2.05, 4.69) is 32.9 Å². The number of hydrogen-bond donors (Lipinski definition) is 1. The van der Waals surface area contributed by atoms with Crippen molar-refractivity contribution in [2.24, 2.45) is 0 Å². The number of rotatable bonds is 5. The molecule has 0 spiro atoms. The lowest BCUT2D eigenvalue weighted by Crippen LogP contribution is -2.11. The number of aliphatic hydroxyl groups excluding tert-OH is 1. The number of hydrogen-bond acceptors (Lipinski definition) is 2. The highest BCUT2D eigenvalue weighted by Crippen LogP contribution is 2.33. The minimum absolute atomic E-state index is 0.00607. The van der Waals surface area contributed by atoms with Gasteiger partial charge in [-0.25, -0.2) is 0 Å². The molecule has 0 aromatic heterocycles. The summed E-state index contributed by atoms with van der Waals surface area (Å²) in [5, 5.41) is 9.54. The molecule has 3 aromatic rings. The normalized spacial score (nSPS) is 11.4. The summed E-state index contributed by atoms with van der Waals surface area (Å²) in [5.41, 5.74) is 5.52. The third-order valence-electron chi connectivity index (χ3n) is 4.83. The van der Waals surface area contributed by atoms with Crippen molar-refractivity contribution in [1.82, 2.24) is 0 Å². The van der Waals surface area contributed by atoms with Gasteiger partial charge in [-0.15, -0.1) is 0 Å². The molecule has 0 aliphatic rings. The van der Waals surface area contributed by atoms with Crippen LogP contribution in [0.3, 0.4) is 0 Å². The molecule has 0 saturated heterocycles. The first-order valence-corrected chi connectivity index (χ1v) is 9.35. The molecule has 0 unspecified atom stereocenters. The Bertz CT molecular complexity index is 934. The fourth-order valence-electron chi connectivity index (χ4n) is 3.35. The molecule has 0 radical (unpaired) electrons. The van der Waals surface area contributed by atoms with Crippen LogP contribution in [-0.2, 0) is 11.8 Å². The Morgan fingerprint density at radius 2 is 1.59 bits per heavy atom. The maximum atomic E-state index is 13.2. The van der Waals surface area contributed by atoms with Gasteiger partial charge in [-0.3, -0.25) is 4.79 Å². The average molecular weight is 358 g/mol. The molecular formula is C25H26O2. The summed E-state index contributed by atoms with van der Waals surface area (Å²) in [7, 11) is 0. The zero-order valence-electron chi connectivity index (χ0n) is 16.2. The first-order valence-electron chi connectivity index (χ1n) is 9.35. The second-order valence-electron chi connectivity index (χ2n) is 7.84. The van der Waals surface area contributed by atoms with Crippen LogP contribution in [0, 0.1) is 0 Å². The molecule has 0 atom stereocenters. The monoisotopic (exact) mass is 358 g/mol. The van der Waals surface area contributed by atoms with Crippen molar-refractivity contribution in [3.63, 3.8) is 0 Å². The van der Waals surface area contributed by atoms with Crippen LogP contribution in [0.25, 0.3) is 11.1 Å². The van der Waals surface area contributed by atoms with Gasteiger partial charge in [-0.2, -0.15) is 0 Å². The molecular weight excluding hydrogens is 332 g/mol. The summed E-state index contributed by atoms with van der Waals surface area (Å²) >= 11 is 0. The minimum atomic E-state index is 0.00607. The molecule has 138 valence electrons. The highest BCUT2D eigenvalue weighted by molar-refractivity contribution is 6.13. The second-order valence-corrected chi connectivity index (χ2v) is 7.84. The molecule has 3 aromatic carbocycles. The van der Waals surface area contributed by atoms with E-state index < -0.39 is 0 Å². The molecule has 0 aliphatic heterocycles. The molecule has 27 heavy (non-hydrogen) atoms. The zero-order chi connectivity index (χ0) is 19.4. The highest BCUT2D eigenvalue weighted by atomic mass is 16.3. The van der Waals surface area contributed by atoms with Gasteiger partial charge in [0.15, 0.2) is 5.78 Å². The third-order valence-corrected chi connectivity index (χ3v) is 4.83. The Hall–Kier alpha value is -2.71. The molecule has 2 heteroatoms. The summed E-state index contributed by atoms with van der Waals surface area (Å²) in [6.45, 7) is 6.60. The van der Waals surface area contributed by atoms with Crippen LogP contribution in [0.4, 0.5) is 0 Å². The zero-order valence-corrected chi connectivity index (χ0v) is 16.2. The average Bonchev–Trinajstić information content (AvgIpc) is 2.67. The van der Waals surface area contributed by atoms with Gasteiger partial charge in [-0.05, 0) is 34.1 Å². The van der Waals surface area contributed by atoms with Crippen LogP contribution >= 0.6 is 0 Å². The fourth-order valence-corrected chi connectivity index (χ4v) is 3.35. The number of benzene rings is 3. The molecule has 2 nitrogen and oxygen atoms in total. The van der Waals surface area contributed by atoms with E-state index in [9.17, 15) is 9.90 Å². The van der Waals surface area contributed by atoms with Crippen LogP contribution < -0.4 is 0 Å². The van der Waals surface area contributed by atoms with E-state index in [1.54, 1.807) is 0 Å². The summed E-state index contributed by atoms with van der Waals surface area (Å²) in [5.74, 6) is 0.00607. The third kappa shape index (κ3) is 4.17. The van der Waals surface area contributed by atoms with Gasteiger partial charge < -0.3 is 5.11 Å². The van der Waals surface area contributed by atoms with Gasteiger partial charge in [-0.1, -0.05) is 93.6 Å². The Kier molecular flexibility index (Phi) is 5.57. The van der Waals surface area contributed by atoms with Gasteiger partial charge in [0.1, 0.15) is 0 Å².